The molecule has 0 fully saturated rings. The van der Waals surface area contributed by atoms with Gasteiger partial charge < -0.3 is 5.32 Å². The second-order valence-corrected chi connectivity index (χ2v) is 5.91. The fraction of sp³-hybridized carbons (Fsp3) is 0.857. The fourth-order valence-electron chi connectivity index (χ4n) is 1.73. The van der Waals surface area contributed by atoms with E-state index in [9.17, 15) is 0 Å². The molecule has 0 aliphatic rings. The van der Waals surface area contributed by atoms with E-state index in [0.29, 0.717) is 5.92 Å². The van der Waals surface area contributed by atoms with Gasteiger partial charge >= 0.3 is 0 Å². The Hall–Kier alpha value is -0.300. The molecule has 0 saturated heterocycles. The largest absolute Gasteiger partial charge is 0.316 e. The summed E-state index contributed by atoms with van der Waals surface area (Å²) in [6.07, 6.45) is 1.18. The molecule has 0 atom stereocenters. The highest BCUT2D eigenvalue weighted by Gasteiger charge is 2.22. The standard InChI is InChI=1S/C14H29N/c1-11(2)10-15-9-8-14(6,7)13(5)12(3)4/h11-12,15H,5,8-10H2,1-4,6-7H3. The molecule has 0 bridgehead atoms. The van der Waals surface area contributed by atoms with Crippen LogP contribution in [0.15, 0.2) is 12.2 Å². The van der Waals surface area contributed by atoms with E-state index in [2.05, 4.69) is 53.4 Å². The maximum absolute atomic E-state index is 4.21. The summed E-state index contributed by atoms with van der Waals surface area (Å²) >= 11 is 0. The molecular weight excluding hydrogens is 182 g/mol. The minimum atomic E-state index is 0.262. The summed E-state index contributed by atoms with van der Waals surface area (Å²) in [5.74, 6) is 1.33. The predicted molar refractivity (Wildman–Crippen MR) is 70.1 cm³/mol. The molecule has 0 aliphatic carbocycles. The van der Waals surface area contributed by atoms with Crippen LogP contribution in [0.25, 0.3) is 0 Å². The van der Waals surface area contributed by atoms with Gasteiger partial charge in [0.25, 0.3) is 0 Å². The maximum Gasteiger partial charge on any atom is -0.00258 e. The number of hydrogen-bond acceptors (Lipinski definition) is 1. The third-order valence-electron chi connectivity index (χ3n) is 3.05. The summed E-state index contributed by atoms with van der Waals surface area (Å²) in [5.41, 5.74) is 1.63. The molecule has 0 spiro atoms. The van der Waals surface area contributed by atoms with Crippen LogP contribution >= 0.6 is 0 Å². The highest BCUT2D eigenvalue weighted by molar-refractivity contribution is 5.09. The van der Waals surface area contributed by atoms with Crippen molar-refractivity contribution in [1.29, 1.82) is 0 Å². The van der Waals surface area contributed by atoms with Gasteiger partial charge in [-0.3, -0.25) is 0 Å². The second kappa shape index (κ2) is 6.32. The van der Waals surface area contributed by atoms with Gasteiger partial charge in [-0.15, -0.1) is 0 Å². The first kappa shape index (κ1) is 14.7. The Labute approximate surface area is 96.3 Å². The van der Waals surface area contributed by atoms with Crippen LogP contribution in [0.2, 0.25) is 0 Å². The van der Waals surface area contributed by atoms with Crippen LogP contribution in [0.1, 0.15) is 48.0 Å². The van der Waals surface area contributed by atoms with Crippen LogP contribution in [0.3, 0.4) is 0 Å². The smallest absolute Gasteiger partial charge is 0.00258 e. The minimum absolute atomic E-state index is 0.262. The average molecular weight is 211 g/mol. The second-order valence-electron chi connectivity index (χ2n) is 5.91. The molecule has 0 saturated carbocycles. The molecule has 0 aromatic rings. The molecule has 15 heavy (non-hydrogen) atoms. The lowest BCUT2D eigenvalue weighted by atomic mass is 9.77. The number of rotatable bonds is 7. The van der Waals surface area contributed by atoms with Gasteiger partial charge in [-0.2, -0.15) is 0 Å². The Kier molecular flexibility index (Phi) is 6.19. The van der Waals surface area contributed by atoms with Crippen LogP contribution in [0.4, 0.5) is 0 Å². The molecule has 0 rings (SSSR count). The molecule has 0 unspecified atom stereocenters. The first-order valence-corrected chi connectivity index (χ1v) is 6.17. The molecule has 0 amide bonds. The van der Waals surface area contributed by atoms with Gasteiger partial charge in [0, 0.05) is 0 Å². The minimum Gasteiger partial charge on any atom is -0.316 e. The first-order valence-electron chi connectivity index (χ1n) is 6.17. The molecule has 90 valence electrons. The molecule has 1 nitrogen and oxygen atoms in total. The lowest BCUT2D eigenvalue weighted by molar-refractivity contribution is 0.360. The van der Waals surface area contributed by atoms with Gasteiger partial charge in [0.1, 0.15) is 0 Å². The van der Waals surface area contributed by atoms with Crippen molar-refractivity contribution in [2.75, 3.05) is 13.1 Å². The molecule has 0 radical (unpaired) electrons. The summed E-state index contributed by atoms with van der Waals surface area (Å²) in [6.45, 7) is 20.0. The number of nitrogens with one attached hydrogen (secondary N) is 1. The number of allylic oxidation sites excluding steroid dienone is 1. The average Bonchev–Trinajstić information content (AvgIpc) is 2.10. The fourth-order valence-corrected chi connectivity index (χ4v) is 1.73. The van der Waals surface area contributed by atoms with Crippen molar-refractivity contribution in [3.05, 3.63) is 12.2 Å². The van der Waals surface area contributed by atoms with Crippen LogP contribution in [0.5, 0.6) is 0 Å². The van der Waals surface area contributed by atoms with Gasteiger partial charge in [0.05, 0.1) is 0 Å². The molecular formula is C14H29N. The highest BCUT2D eigenvalue weighted by atomic mass is 14.9. The van der Waals surface area contributed by atoms with Crippen molar-refractivity contribution < 1.29 is 0 Å². The third-order valence-corrected chi connectivity index (χ3v) is 3.05. The van der Waals surface area contributed by atoms with Crippen LogP contribution in [-0.2, 0) is 0 Å². The molecule has 0 aromatic heterocycles. The molecule has 0 aliphatic heterocycles. The summed E-state index contributed by atoms with van der Waals surface area (Å²) in [7, 11) is 0. The summed E-state index contributed by atoms with van der Waals surface area (Å²) < 4.78 is 0. The van der Waals surface area contributed by atoms with Crippen molar-refractivity contribution in [1.82, 2.24) is 5.32 Å². The zero-order valence-electron chi connectivity index (χ0n) is 11.5. The SMILES string of the molecule is C=C(C(C)C)C(C)(C)CCNCC(C)C. The van der Waals surface area contributed by atoms with E-state index in [0.717, 1.165) is 19.0 Å². The first-order chi connectivity index (χ1) is 6.77. The van der Waals surface area contributed by atoms with E-state index in [1.165, 1.54) is 12.0 Å². The summed E-state index contributed by atoms with van der Waals surface area (Å²) in [6, 6.07) is 0. The van der Waals surface area contributed by atoms with E-state index in [4.69, 9.17) is 0 Å². The normalized spacial score (nSPS) is 12.5. The van der Waals surface area contributed by atoms with E-state index in [1.54, 1.807) is 0 Å². The topological polar surface area (TPSA) is 12.0 Å². The molecule has 0 aromatic carbocycles. The monoisotopic (exact) mass is 211 g/mol. The molecule has 0 heterocycles. The number of hydrogen-bond donors (Lipinski definition) is 1. The summed E-state index contributed by atoms with van der Waals surface area (Å²) in [4.78, 5) is 0. The Morgan fingerprint density at radius 2 is 1.73 bits per heavy atom. The third kappa shape index (κ3) is 5.99. The van der Waals surface area contributed by atoms with Gasteiger partial charge in [-0.1, -0.05) is 53.7 Å². The van der Waals surface area contributed by atoms with Crippen molar-refractivity contribution in [2.24, 2.45) is 17.3 Å². The van der Waals surface area contributed by atoms with Crippen LogP contribution in [-0.4, -0.2) is 13.1 Å². The van der Waals surface area contributed by atoms with Gasteiger partial charge in [0.2, 0.25) is 0 Å². The van der Waals surface area contributed by atoms with Crippen LogP contribution in [0, 0.1) is 17.3 Å². The Morgan fingerprint density at radius 3 is 2.13 bits per heavy atom. The maximum atomic E-state index is 4.21. The highest BCUT2D eigenvalue weighted by Crippen LogP contribution is 2.33. The van der Waals surface area contributed by atoms with Gasteiger partial charge in [-0.05, 0) is 36.8 Å². The summed E-state index contributed by atoms with van der Waals surface area (Å²) in [5, 5.41) is 3.49. The van der Waals surface area contributed by atoms with E-state index < -0.39 is 0 Å². The Bertz CT molecular complexity index is 190. The van der Waals surface area contributed by atoms with Crippen LogP contribution < -0.4 is 5.32 Å². The van der Waals surface area contributed by atoms with Crippen molar-refractivity contribution in [3.8, 4) is 0 Å². The predicted octanol–water partition coefficient (Wildman–Crippen LogP) is 3.86. The zero-order valence-corrected chi connectivity index (χ0v) is 11.5. The van der Waals surface area contributed by atoms with E-state index in [-0.39, 0.29) is 5.41 Å². The molecule has 1 N–H and O–H groups in total. The van der Waals surface area contributed by atoms with Crippen molar-refractivity contribution in [3.63, 3.8) is 0 Å². The van der Waals surface area contributed by atoms with Gasteiger partial charge in [-0.25, -0.2) is 0 Å². The van der Waals surface area contributed by atoms with Gasteiger partial charge in [0.15, 0.2) is 0 Å². The quantitative estimate of drug-likeness (QED) is 0.498. The Morgan fingerprint density at radius 1 is 1.20 bits per heavy atom. The Balaban J connectivity index is 3.89. The van der Waals surface area contributed by atoms with E-state index in [1.807, 2.05) is 0 Å². The lowest BCUT2D eigenvalue weighted by Gasteiger charge is -2.30. The lowest BCUT2D eigenvalue weighted by Crippen LogP contribution is -2.27. The van der Waals surface area contributed by atoms with Crippen molar-refractivity contribution in [2.45, 2.75) is 48.0 Å². The molecule has 1 heteroatoms. The zero-order chi connectivity index (χ0) is 12.1. The van der Waals surface area contributed by atoms with Crippen molar-refractivity contribution >= 4 is 0 Å². The van der Waals surface area contributed by atoms with E-state index >= 15 is 0 Å².